The van der Waals surface area contributed by atoms with Crippen LogP contribution >= 0.6 is 0 Å². The average Bonchev–Trinajstić information content (AvgIpc) is 3.55. The number of piperidine rings is 1. The zero-order valence-corrected chi connectivity index (χ0v) is 18.2. The van der Waals surface area contributed by atoms with Gasteiger partial charge in [-0.3, -0.25) is 9.69 Å². The third-order valence-corrected chi connectivity index (χ3v) is 7.29. The fourth-order valence-electron chi connectivity index (χ4n) is 5.27. The van der Waals surface area contributed by atoms with Crippen LogP contribution in [0.4, 0.5) is 0 Å². The van der Waals surface area contributed by atoms with E-state index in [-0.39, 0.29) is 0 Å². The van der Waals surface area contributed by atoms with E-state index >= 15 is 0 Å². The Morgan fingerprint density at radius 3 is 2.66 bits per heavy atom. The van der Waals surface area contributed by atoms with E-state index in [1.165, 1.54) is 50.8 Å². The molecule has 4 heteroatoms. The highest BCUT2D eigenvalue weighted by Crippen LogP contribution is 2.39. The first kappa shape index (κ1) is 20.7. The summed E-state index contributed by atoms with van der Waals surface area (Å²) in [5, 5.41) is 0. The van der Waals surface area contributed by atoms with Crippen LogP contribution in [0.3, 0.4) is 0 Å². The van der Waals surface area contributed by atoms with Crippen molar-refractivity contribution in [1.82, 2.24) is 9.80 Å². The number of fused-ring (bicyclic) bond motifs is 1. The van der Waals surface area contributed by atoms with Gasteiger partial charge in [0.15, 0.2) is 0 Å². The number of carbonyl (C=O) groups is 1. The molecule has 0 radical (unpaired) electrons. The summed E-state index contributed by atoms with van der Waals surface area (Å²) in [6.07, 6.45) is 10.7. The maximum atomic E-state index is 12.2. The minimum atomic E-state index is 0.327. The molecule has 1 aromatic rings. The van der Waals surface area contributed by atoms with Crippen molar-refractivity contribution in [2.45, 2.75) is 64.7 Å². The molecule has 2 aliphatic heterocycles. The van der Waals surface area contributed by atoms with Gasteiger partial charge in [-0.05, 0) is 67.9 Å². The fraction of sp³-hybridized carbons (Fsp3) is 0.720. The smallest absolute Gasteiger partial charge is 0.222 e. The summed E-state index contributed by atoms with van der Waals surface area (Å²) in [4.78, 5) is 17.0. The number of nitrogens with zero attached hydrogens (tertiary/aromatic N) is 2. The van der Waals surface area contributed by atoms with Gasteiger partial charge in [0.05, 0.1) is 0 Å². The molecule has 0 unspecified atom stereocenters. The van der Waals surface area contributed by atoms with Gasteiger partial charge in [-0.2, -0.15) is 0 Å². The Kier molecular flexibility index (Phi) is 6.79. The van der Waals surface area contributed by atoms with Crippen LogP contribution in [-0.4, -0.2) is 55.0 Å². The number of para-hydroxylation sites is 1. The first-order valence-corrected chi connectivity index (χ1v) is 11.9. The number of likely N-dealkylation sites (tertiary alicyclic amines) is 1. The summed E-state index contributed by atoms with van der Waals surface area (Å²) in [7, 11) is 0. The van der Waals surface area contributed by atoms with Crippen LogP contribution in [0.2, 0.25) is 0 Å². The van der Waals surface area contributed by atoms with Gasteiger partial charge in [-0.25, -0.2) is 0 Å². The van der Waals surface area contributed by atoms with Crippen molar-refractivity contribution in [3.8, 4) is 5.75 Å². The molecule has 2 fully saturated rings. The topological polar surface area (TPSA) is 32.8 Å². The number of benzene rings is 1. The monoisotopic (exact) mass is 398 g/mol. The zero-order chi connectivity index (χ0) is 20.1. The molecule has 1 amide bonds. The summed E-state index contributed by atoms with van der Waals surface area (Å²) >= 11 is 0. The quantitative estimate of drug-likeness (QED) is 0.750. The van der Waals surface area contributed by atoms with Gasteiger partial charge in [-0.15, -0.1) is 0 Å². The molecule has 0 bridgehead atoms. The second kappa shape index (κ2) is 9.51. The Hall–Kier alpha value is -1.55. The summed E-state index contributed by atoms with van der Waals surface area (Å²) in [5.74, 6) is 2.31. The Bertz CT molecular complexity index is 677. The minimum Gasteiger partial charge on any atom is -0.492 e. The van der Waals surface area contributed by atoms with Crippen LogP contribution in [0.15, 0.2) is 24.3 Å². The normalized spacial score (nSPS) is 23.6. The number of carbonyl (C=O) groups excluding carboxylic acids is 1. The molecular weight excluding hydrogens is 360 g/mol. The number of amides is 1. The highest BCUT2D eigenvalue weighted by molar-refractivity contribution is 5.75. The van der Waals surface area contributed by atoms with Crippen molar-refractivity contribution in [1.29, 1.82) is 0 Å². The molecule has 0 aromatic heterocycles. The predicted octanol–water partition coefficient (Wildman–Crippen LogP) is 4.52. The van der Waals surface area contributed by atoms with Gasteiger partial charge in [0.1, 0.15) is 12.4 Å². The minimum absolute atomic E-state index is 0.327. The lowest BCUT2D eigenvalue weighted by atomic mass is 9.73. The van der Waals surface area contributed by atoms with E-state index in [9.17, 15) is 4.79 Å². The molecule has 4 rings (SSSR count). The van der Waals surface area contributed by atoms with Gasteiger partial charge in [-0.1, -0.05) is 31.5 Å². The highest BCUT2D eigenvalue weighted by atomic mass is 16.5. The van der Waals surface area contributed by atoms with Crippen LogP contribution in [0.5, 0.6) is 5.75 Å². The number of hydrogen-bond donors (Lipinski definition) is 0. The lowest BCUT2D eigenvalue weighted by molar-refractivity contribution is -0.133. The van der Waals surface area contributed by atoms with E-state index < -0.39 is 0 Å². The second-order valence-corrected chi connectivity index (χ2v) is 9.58. The molecule has 1 saturated heterocycles. The molecule has 0 N–H and O–H groups in total. The number of rotatable bonds is 3. The van der Waals surface area contributed by atoms with Crippen molar-refractivity contribution in [2.24, 2.45) is 11.3 Å². The molecular formula is C25H38N2O2. The summed E-state index contributed by atoms with van der Waals surface area (Å²) in [6, 6.07) is 8.59. The molecule has 0 atom stereocenters. The first-order chi connectivity index (χ1) is 14.2. The first-order valence-electron chi connectivity index (χ1n) is 11.9. The van der Waals surface area contributed by atoms with E-state index in [0.717, 1.165) is 57.2 Å². The summed E-state index contributed by atoms with van der Waals surface area (Å²) in [5.41, 5.74) is 1.73. The number of ether oxygens (including phenoxy) is 1. The van der Waals surface area contributed by atoms with Gasteiger partial charge in [0, 0.05) is 39.1 Å². The Morgan fingerprint density at radius 2 is 1.90 bits per heavy atom. The van der Waals surface area contributed by atoms with E-state index in [1.807, 2.05) is 6.92 Å². The van der Waals surface area contributed by atoms with Gasteiger partial charge in [0.25, 0.3) is 0 Å². The van der Waals surface area contributed by atoms with Crippen molar-refractivity contribution < 1.29 is 9.53 Å². The molecule has 4 nitrogen and oxygen atoms in total. The van der Waals surface area contributed by atoms with Crippen LogP contribution in [0.1, 0.15) is 63.9 Å². The van der Waals surface area contributed by atoms with Crippen LogP contribution in [-0.2, 0) is 11.2 Å². The molecule has 1 spiro atoms. The van der Waals surface area contributed by atoms with Gasteiger partial charge in [0.2, 0.25) is 5.91 Å². The molecule has 3 aliphatic rings. The third kappa shape index (κ3) is 5.53. The van der Waals surface area contributed by atoms with Crippen molar-refractivity contribution in [2.75, 3.05) is 39.3 Å². The van der Waals surface area contributed by atoms with Crippen LogP contribution in [0, 0.1) is 11.3 Å². The maximum absolute atomic E-state index is 12.2. The van der Waals surface area contributed by atoms with Crippen LogP contribution < -0.4 is 4.74 Å². The Morgan fingerprint density at radius 1 is 1.10 bits per heavy atom. The summed E-state index contributed by atoms with van der Waals surface area (Å²) < 4.78 is 6.24. The Labute approximate surface area is 176 Å². The standard InChI is InChI=1S/C25H38N2O2/c1-2-24(28)27-15-13-25(14-16-27)12-6-5-8-22-7-3-4-9-23(22)29-18-17-26(20-25)19-21-10-11-21/h3-4,7,9,21H,2,5-6,8,10-20H2,1H3. The number of aryl methyl sites for hydroxylation is 1. The third-order valence-electron chi connectivity index (χ3n) is 7.29. The van der Waals surface area contributed by atoms with Gasteiger partial charge < -0.3 is 9.64 Å². The van der Waals surface area contributed by atoms with Crippen molar-refractivity contribution in [3.63, 3.8) is 0 Å². The van der Waals surface area contributed by atoms with Crippen LogP contribution in [0.25, 0.3) is 0 Å². The van der Waals surface area contributed by atoms with E-state index in [4.69, 9.17) is 4.74 Å². The molecule has 1 aromatic carbocycles. The average molecular weight is 399 g/mol. The lowest BCUT2D eigenvalue weighted by Crippen LogP contribution is -2.49. The SMILES string of the molecule is CCC(=O)N1CCC2(CCCCc3ccccc3OCCN(CC3CC3)C2)CC1. The molecule has 160 valence electrons. The summed E-state index contributed by atoms with van der Waals surface area (Å²) in [6.45, 7) is 8.09. The largest absolute Gasteiger partial charge is 0.492 e. The molecule has 1 aliphatic carbocycles. The van der Waals surface area contributed by atoms with Crippen molar-refractivity contribution in [3.05, 3.63) is 29.8 Å². The molecule has 29 heavy (non-hydrogen) atoms. The second-order valence-electron chi connectivity index (χ2n) is 9.58. The fourth-order valence-corrected chi connectivity index (χ4v) is 5.27. The maximum Gasteiger partial charge on any atom is 0.222 e. The molecule has 2 heterocycles. The molecule has 1 saturated carbocycles. The zero-order valence-electron chi connectivity index (χ0n) is 18.2. The van der Waals surface area contributed by atoms with Crippen molar-refractivity contribution >= 4 is 5.91 Å². The van der Waals surface area contributed by atoms with E-state index in [1.54, 1.807) is 0 Å². The highest BCUT2D eigenvalue weighted by Gasteiger charge is 2.38. The lowest BCUT2D eigenvalue weighted by Gasteiger charge is -2.45. The van der Waals surface area contributed by atoms with Gasteiger partial charge >= 0.3 is 0 Å². The number of hydrogen-bond acceptors (Lipinski definition) is 3. The predicted molar refractivity (Wildman–Crippen MR) is 117 cm³/mol. The Balaban J connectivity index is 1.46. The van der Waals surface area contributed by atoms with E-state index in [0.29, 0.717) is 17.7 Å². The van der Waals surface area contributed by atoms with E-state index in [2.05, 4.69) is 34.1 Å².